The molecule has 0 radical (unpaired) electrons. The van der Waals surface area contributed by atoms with Gasteiger partial charge in [-0.05, 0) is 42.0 Å². The van der Waals surface area contributed by atoms with Crippen LogP contribution in [0, 0.1) is 0 Å². The van der Waals surface area contributed by atoms with Gasteiger partial charge in [-0.15, -0.1) is 11.8 Å². The van der Waals surface area contributed by atoms with E-state index >= 15 is 0 Å². The molecule has 4 nitrogen and oxygen atoms in total. The van der Waals surface area contributed by atoms with Crippen molar-refractivity contribution in [2.24, 2.45) is 0 Å². The van der Waals surface area contributed by atoms with Crippen LogP contribution in [0.25, 0.3) is 0 Å². The first-order valence-corrected chi connectivity index (χ1v) is 7.47. The zero-order valence-electron chi connectivity index (χ0n) is 11.7. The summed E-state index contributed by atoms with van der Waals surface area (Å²) in [6, 6.07) is 13.6. The van der Waals surface area contributed by atoms with E-state index in [0.29, 0.717) is 12.3 Å². The van der Waals surface area contributed by atoms with Crippen molar-refractivity contribution in [1.82, 2.24) is 4.90 Å². The van der Waals surface area contributed by atoms with Gasteiger partial charge >= 0.3 is 0 Å². The van der Waals surface area contributed by atoms with Gasteiger partial charge in [0.25, 0.3) is 0 Å². The number of nitrogens with zero attached hydrogens (tertiary/aromatic N) is 1. The first-order valence-electron chi connectivity index (χ1n) is 6.48. The Morgan fingerprint density at radius 3 is 2.10 bits per heavy atom. The Morgan fingerprint density at radius 1 is 1.00 bits per heavy atom. The molecule has 0 aliphatic heterocycles. The number of carbonyl (C=O) groups excluding carboxylic acids is 1. The standard InChI is InChI=1S/C16H17NO3S/c1-17(10-12-2-4-13(18)5-3-12)16(20)11-21-15-8-6-14(19)7-9-15/h2-9,18-19H,10-11H2,1H3. The monoisotopic (exact) mass is 303 g/mol. The summed E-state index contributed by atoms with van der Waals surface area (Å²) in [6.07, 6.45) is 0. The Hall–Kier alpha value is -2.14. The van der Waals surface area contributed by atoms with E-state index in [1.807, 2.05) is 0 Å². The van der Waals surface area contributed by atoms with Crippen molar-refractivity contribution in [3.8, 4) is 11.5 Å². The van der Waals surface area contributed by atoms with E-state index in [9.17, 15) is 15.0 Å². The molecule has 0 fully saturated rings. The molecule has 2 aromatic rings. The number of phenolic OH excluding ortho intramolecular Hbond substituents is 2. The first-order chi connectivity index (χ1) is 10.0. The maximum Gasteiger partial charge on any atom is 0.232 e. The molecule has 0 bridgehead atoms. The molecule has 0 saturated carbocycles. The van der Waals surface area contributed by atoms with Gasteiger partial charge in [-0.25, -0.2) is 0 Å². The third kappa shape index (κ3) is 4.72. The lowest BCUT2D eigenvalue weighted by atomic mass is 10.2. The minimum absolute atomic E-state index is 0.0288. The minimum Gasteiger partial charge on any atom is -0.508 e. The number of aromatic hydroxyl groups is 2. The van der Waals surface area contributed by atoms with Crippen LogP contribution in [0.4, 0.5) is 0 Å². The molecule has 1 amide bonds. The summed E-state index contributed by atoms with van der Waals surface area (Å²) in [7, 11) is 1.76. The van der Waals surface area contributed by atoms with Gasteiger partial charge in [-0.3, -0.25) is 4.79 Å². The lowest BCUT2D eigenvalue weighted by Gasteiger charge is -2.17. The predicted molar refractivity (Wildman–Crippen MR) is 83.4 cm³/mol. The van der Waals surface area contributed by atoms with Crippen molar-refractivity contribution < 1.29 is 15.0 Å². The fraction of sp³-hybridized carbons (Fsp3) is 0.188. The van der Waals surface area contributed by atoms with E-state index in [1.54, 1.807) is 60.5 Å². The number of thioether (sulfide) groups is 1. The SMILES string of the molecule is CN(Cc1ccc(O)cc1)C(=O)CSc1ccc(O)cc1. The van der Waals surface area contributed by atoms with E-state index in [2.05, 4.69) is 0 Å². The molecular formula is C16H17NO3S. The summed E-state index contributed by atoms with van der Waals surface area (Å²) < 4.78 is 0. The van der Waals surface area contributed by atoms with E-state index in [0.717, 1.165) is 10.5 Å². The molecule has 0 saturated heterocycles. The summed E-state index contributed by atoms with van der Waals surface area (Å²) >= 11 is 1.44. The van der Waals surface area contributed by atoms with Gasteiger partial charge in [0.15, 0.2) is 0 Å². The second kappa shape index (κ2) is 7.04. The molecule has 2 N–H and O–H groups in total. The Morgan fingerprint density at radius 2 is 1.52 bits per heavy atom. The van der Waals surface area contributed by atoms with Crippen molar-refractivity contribution in [2.45, 2.75) is 11.4 Å². The molecule has 0 aromatic heterocycles. The smallest absolute Gasteiger partial charge is 0.232 e. The van der Waals surface area contributed by atoms with Gasteiger partial charge in [-0.2, -0.15) is 0 Å². The second-order valence-electron chi connectivity index (χ2n) is 4.70. The molecule has 21 heavy (non-hydrogen) atoms. The average Bonchev–Trinajstić information content (AvgIpc) is 2.48. The molecule has 0 aliphatic carbocycles. The number of phenols is 2. The van der Waals surface area contributed by atoms with E-state index in [4.69, 9.17) is 0 Å². The summed E-state index contributed by atoms with van der Waals surface area (Å²) in [5.74, 6) is 0.811. The van der Waals surface area contributed by atoms with Crippen LogP contribution < -0.4 is 0 Å². The van der Waals surface area contributed by atoms with E-state index < -0.39 is 0 Å². The molecule has 5 heteroatoms. The van der Waals surface area contributed by atoms with Crippen LogP contribution in [-0.4, -0.2) is 33.8 Å². The van der Waals surface area contributed by atoms with Crippen LogP contribution in [0.5, 0.6) is 11.5 Å². The van der Waals surface area contributed by atoms with Crippen LogP contribution in [0.3, 0.4) is 0 Å². The number of rotatable bonds is 5. The van der Waals surface area contributed by atoms with Crippen LogP contribution in [0.1, 0.15) is 5.56 Å². The van der Waals surface area contributed by atoms with Gasteiger partial charge in [0.2, 0.25) is 5.91 Å². The molecule has 0 atom stereocenters. The fourth-order valence-corrected chi connectivity index (χ4v) is 2.60. The second-order valence-corrected chi connectivity index (χ2v) is 5.75. The fourth-order valence-electron chi connectivity index (χ4n) is 1.76. The molecule has 2 rings (SSSR count). The maximum absolute atomic E-state index is 12.1. The molecule has 0 unspecified atom stereocenters. The molecule has 110 valence electrons. The van der Waals surface area contributed by atoms with E-state index in [-0.39, 0.29) is 17.4 Å². The Bertz CT molecular complexity index is 596. The zero-order valence-corrected chi connectivity index (χ0v) is 12.5. The third-order valence-corrected chi connectivity index (χ3v) is 3.98. The molecule has 0 heterocycles. The molecule has 0 aliphatic rings. The third-order valence-electron chi connectivity index (χ3n) is 2.98. The number of amides is 1. The number of carbonyl (C=O) groups is 1. The molecular weight excluding hydrogens is 286 g/mol. The van der Waals surface area contributed by atoms with Gasteiger partial charge in [-0.1, -0.05) is 12.1 Å². The van der Waals surface area contributed by atoms with Crippen molar-refractivity contribution in [2.75, 3.05) is 12.8 Å². The van der Waals surface area contributed by atoms with Gasteiger partial charge in [0.1, 0.15) is 11.5 Å². The van der Waals surface area contributed by atoms with Crippen LogP contribution in [-0.2, 0) is 11.3 Å². The Balaban J connectivity index is 1.84. The highest BCUT2D eigenvalue weighted by atomic mass is 32.2. The van der Waals surface area contributed by atoms with Crippen LogP contribution in [0.15, 0.2) is 53.4 Å². The topological polar surface area (TPSA) is 60.8 Å². The lowest BCUT2D eigenvalue weighted by Crippen LogP contribution is -2.27. The molecule has 0 spiro atoms. The predicted octanol–water partition coefficient (Wildman–Crippen LogP) is 2.85. The first kappa shape index (κ1) is 15.3. The number of hydrogen-bond acceptors (Lipinski definition) is 4. The van der Waals surface area contributed by atoms with Crippen molar-refractivity contribution in [1.29, 1.82) is 0 Å². The quantitative estimate of drug-likeness (QED) is 0.834. The summed E-state index contributed by atoms with van der Waals surface area (Å²) in [4.78, 5) is 14.7. The Labute approximate surface area is 128 Å². The van der Waals surface area contributed by atoms with Crippen molar-refractivity contribution >= 4 is 17.7 Å². The van der Waals surface area contributed by atoms with Crippen LogP contribution in [0.2, 0.25) is 0 Å². The largest absolute Gasteiger partial charge is 0.508 e. The lowest BCUT2D eigenvalue weighted by molar-refractivity contribution is -0.127. The highest BCUT2D eigenvalue weighted by Crippen LogP contribution is 2.21. The van der Waals surface area contributed by atoms with Gasteiger partial charge < -0.3 is 15.1 Å². The van der Waals surface area contributed by atoms with Gasteiger partial charge in [0, 0.05) is 18.5 Å². The summed E-state index contributed by atoms with van der Waals surface area (Å²) in [6.45, 7) is 0.509. The van der Waals surface area contributed by atoms with Gasteiger partial charge in [0.05, 0.1) is 5.75 Å². The zero-order chi connectivity index (χ0) is 15.2. The Kier molecular flexibility index (Phi) is 5.11. The highest BCUT2D eigenvalue weighted by Gasteiger charge is 2.10. The average molecular weight is 303 g/mol. The summed E-state index contributed by atoms with van der Waals surface area (Å²) in [5, 5.41) is 18.4. The van der Waals surface area contributed by atoms with E-state index in [1.165, 1.54) is 11.8 Å². The molecule has 2 aromatic carbocycles. The minimum atomic E-state index is 0.0288. The number of hydrogen-bond donors (Lipinski definition) is 2. The highest BCUT2D eigenvalue weighted by molar-refractivity contribution is 8.00. The maximum atomic E-state index is 12.1. The van der Waals surface area contributed by atoms with Crippen LogP contribution >= 0.6 is 11.8 Å². The number of benzene rings is 2. The van der Waals surface area contributed by atoms with Crippen molar-refractivity contribution in [3.05, 3.63) is 54.1 Å². The van der Waals surface area contributed by atoms with Crippen molar-refractivity contribution in [3.63, 3.8) is 0 Å². The summed E-state index contributed by atoms with van der Waals surface area (Å²) in [5.41, 5.74) is 0.971. The normalized spacial score (nSPS) is 10.3.